The van der Waals surface area contributed by atoms with E-state index >= 15 is 0 Å². The van der Waals surface area contributed by atoms with Crippen molar-refractivity contribution in [1.29, 1.82) is 0 Å². The number of amides is 2. The summed E-state index contributed by atoms with van der Waals surface area (Å²) in [4.78, 5) is 24.4. The Hall–Kier alpha value is -2.95. The number of nitrogens with two attached hydrogens (primary N) is 1. The molecule has 5 N–H and O–H groups in total. The molecule has 0 radical (unpaired) electrons. The molecule has 38 heavy (non-hydrogen) atoms. The van der Waals surface area contributed by atoms with Crippen LogP contribution in [0.4, 0.5) is 14.9 Å². The number of methoxy groups -OCH3 is 2. The fourth-order valence-electron chi connectivity index (χ4n) is 4.83. The second-order valence-corrected chi connectivity index (χ2v) is 10.1. The van der Waals surface area contributed by atoms with Crippen molar-refractivity contribution in [3.05, 3.63) is 46.8 Å². The number of rotatable bonds is 3. The standard InChI is InChI=1S/C28H41FN2O7/c1-15-10-19-13-20(14-21(29)25(19)33)31-27(34)16(2)8-7-9-22(36-5)26(38-28(30)35)18(4)12-17(3)24(32)23(11-15)37-6/h8,12-15,17,22-24,26,32-33H,7,9-11H2,1-6H3,(H2,30,35)(H,31,34)/b16-8+,18-12+/t15-,17+,22?,23+,24-,26+/m1/s1. The molecular formula is C28H41FN2O7. The van der Waals surface area contributed by atoms with Gasteiger partial charge in [0.2, 0.25) is 0 Å². The summed E-state index contributed by atoms with van der Waals surface area (Å²) in [7, 11) is 2.99. The van der Waals surface area contributed by atoms with Gasteiger partial charge in [-0.25, -0.2) is 9.18 Å². The Bertz CT molecular complexity index is 1040. The van der Waals surface area contributed by atoms with Gasteiger partial charge in [0.05, 0.1) is 18.3 Å². The van der Waals surface area contributed by atoms with E-state index in [1.54, 1.807) is 32.1 Å². The first-order valence-electron chi connectivity index (χ1n) is 12.7. The van der Waals surface area contributed by atoms with Gasteiger partial charge in [0.1, 0.15) is 0 Å². The number of anilines is 1. The predicted molar refractivity (Wildman–Crippen MR) is 142 cm³/mol. The van der Waals surface area contributed by atoms with Gasteiger partial charge in [-0.15, -0.1) is 0 Å². The Kier molecular flexibility index (Phi) is 11.7. The summed E-state index contributed by atoms with van der Waals surface area (Å²) in [6.45, 7) is 7.14. The zero-order chi connectivity index (χ0) is 28.6. The zero-order valence-corrected chi connectivity index (χ0v) is 23.0. The Labute approximate surface area is 223 Å². The third-order valence-electron chi connectivity index (χ3n) is 6.94. The number of carbonyl (C=O) groups is 2. The van der Waals surface area contributed by atoms with Crippen molar-refractivity contribution in [2.75, 3.05) is 19.5 Å². The van der Waals surface area contributed by atoms with Crippen LogP contribution in [0.3, 0.4) is 0 Å². The normalized spacial score (nSPS) is 30.9. The number of nitrogens with one attached hydrogen (secondary N) is 1. The summed E-state index contributed by atoms with van der Waals surface area (Å²) in [6, 6.07) is 2.62. The molecule has 10 heteroatoms. The Morgan fingerprint density at radius 1 is 1.16 bits per heavy atom. The molecule has 6 atom stereocenters. The molecule has 9 nitrogen and oxygen atoms in total. The first kappa shape index (κ1) is 31.3. The number of ether oxygens (including phenoxy) is 3. The molecule has 1 unspecified atom stereocenters. The van der Waals surface area contributed by atoms with Crippen LogP contribution in [0.2, 0.25) is 0 Å². The van der Waals surface area contributed by atoms with Crippen molar-refractivity contribution in [2.24, 2.45) is 17.6 Å². The average Bonchev–Trinajstić information content (AvgIpc) is 2.85. The van der Waals surface area contributed by atoms with Crippen molar-refractivity contribution in [2.45, 2.75) is 77.8 Å². The van der Waals surface area contributed by atoms with Crippen LogP contribution in [-0.4, -0.2) is 60.8 Å². The average molecular weight is 537 g/mol. The maximum Gasteiger partial charge on any atom is 0.405 e. The molecule has 0 fully saturated rings. The summed E-state index contributed by atoms with van der Waals surface area (Å²) < 4.78 is 31.1. The quantitative estimate of drug-likeness (QED) is 0.335. The number of benzene rings is 1. The molecule has 212 valence electrons. The maximum absolute atomic E-state index is 14.5. The van der Waals surface area contributed by atoms with E-state index in [1.165, 1.54) is 14.2 Å². The fourth-order valence-corrected chi connectivity index (χ4v) is 4.83. The minimum atomic E-state index is -0.955. The van der Waals surface area contributed by atoms with Gasteiger partial charge in [0.15, 0.2) is 17.7 Å². The number of fused-ring (bicyclic) bond motifs is 2. The topological polar surface area (TPSA) is 140 Å². The Morgan fingerprint density at radius 3 is 2.42 bits per heavy atom. The van der Waals surface area contributed by atoms with Gasteiger partial charge in [-0.05, 0) is 62.7 Å². The summed E-state index contributed by atoms with van der Waals surface area (Å²) >= 11 is 0. The number of hydrogen-bond acceptors (Lipinski definition) is 7. The molecule has 0 saturated heterocycles. The molecule has 0 aromatic heterocycles. The van der Waals surface area contributed by atoms with Crippen LogP contribution < -0.4 is 11.1 Å². The summed E-state index contributed by atoms with van der Waals surface area (Å²) in [5.74, 6) is -2.23. The number of phenols is 1. The molecule has 1 aliphatic heterocycles. The Balaban J connectivity index is 2.51. The largest absolute Gasteiger partial charge is 0.505 e. The Morgan fingerprint density at radius 2 is 1.82 bits per heavy atom. The second-order valence-electron chi connectivity index (χ2n) is 10.1. The number of aliphatic hydroxyl groups is 1. The third-order valence-corrected chi connectivity index (χ3v) is 6.94. The first-order valence-corrected chi connectivity index (χ1v) is 12.7. The lowest BCUT2D eigenvalue weighted by atomic mass is 9.88. The zero-order valence-electron chi connectivity index (χ0n) is 23.0. The highest BCUT2D eigenvalue weighted by Gasteiger charge is 2.30. The van der Waals surface area contributed by atoms with Crippen LogP contribution in [0.15, 0.2) is 35.4 Å². The van der Waals surface area contributed by atoms with Crippen LogP contribution in [0.1, 0.15) is 52.5 Å². The summed E-state index contributed by atoms with van der Waals surface area (Å²) in [5.41, 5.74) is 6.95. The van der Waals surface area contributed by atoms with Crippen molar-refractivity contribution in [1.82, 2.24) is 0 Å². The summed E-state index contributed by atoms with van der Waals surface area (Å²) in [5, 5.41) is 24.1. The van der Waals surface area contributed by atoms with E-state index in [2.05, 4.69) is 5.32 Å². The van der Waals surface area contributed by atoms with E-state index < -0.39 is 48.0 Å². The molecule has 1 aromatic carbocycles. The molecule has 0 aliphatic carbocycles. The summed E-state index contributed by atoms with van der Waals surface area (Å²) in [6.07, 6.45) is 1.24. The maximum atomic E-state index is 14.5. The van der Waals surface area contributed by atoms with Crippen molar-refractivity contribution >= 4 is 17.7 Å². The van der Waals surface area contributed by atoms with Crippen LogP contribution in [0.25, 0.3) is 0 Å². The van der Waals surface area contributed by atoms with E-state index in [9.17, 15) is 24.2 Å². The number of phenolic OH excluding ortho intramolecular Hbond substituents is 1. The van der Waals surface area contributed by atoms with E-state index in [-0.39, 0.29) is 17.5 Å². The smallest absolute Gasteiger partial charge is 0.405 e. The van der Waals surface area contributed by atoms with Gasteiger partial charge in [-0.1, -0.05) is 26.0 Å². The third kappa shape index (κ3) is 8.54. The molecule has 2 bridgehead atoms. The number of carbonyl (C=O) groups excluding carboxylic acids is 2. The van der Waals surface area contributed by atoms with Crippen molar-refractivity contribution < 1.29 is 38.4 Å². The molecule has 0 saturated carbocycles. The highest BCUT2D eigenvalue weighted by Crippen LogP contribution is 2.31. The lowest BCUT2D eigenvalue weighted by Gasteiger charge is -2.30. The lowest BCUT2D eigenvalue weighted by molar-refractivity contribution is -0.112. The van der Waals surface area contributed by atoms with E-state index in [1.807, 2.05) is 13.8 Å². The van der Waals surface area contributed by atoms with E-state index in [0.717, 1.165) is 6.07 Å². The number of hydrogen-bond donors (Lipinski definition) is 4. The van der Waals surface area contributed by atoms with Crippen LogP contribution >= 0.6 is 0 Å². The molecular weight excluding hydrogens is 495 g/mol. The number of allylic oxidation sites excluding steroid dienone is 1. The van der Waals surface area contributed by atoms with Gasteiger partial charge in [0.25, 0.3) is 5.91 Å². The number of primary amides is 1. The van der Waals surface area contributed by atoms with Gasteiger partial charge < -0.3 is 35.5 Å². The van der Waals surface area contributed by atoms with Gasteiger partial charge in [0, 0.05) is 37.5 Å². The minimum absolute atomic E-state index is 0.115. The number of halogens is 1. The molecule has 2 rings (SSSR count). The highest BCUT2D eigenvalue weighted by molar-refractivity contribution is 6.03. The highest BCUT2D eigenvalue weighted by atomic mass is 19.1. The van der Waals surface area contributed by atoms with Crippen molar-refractivity contribution in [3.8, 4) is 5.75 Å². The molecule has 0 spiro atoms. The van der Waals surface area contributed by atoms with E-state index in [4.69, 9.17) is 19.9 Å². The lowest BCUT2D eigenvalue weighted by Crippen LogP contribution is -2.37. The van der Waals surface area contributed by atoms with Gasteiger partial charge in [-0.2, -0.15) is 0 Å². The SMILES string of the molecule is COC1CC/C=C(\C)C(=O)Nc2cc(F)c(O)c(c2)C[C@@H](C)C[C@H](OC)[C@H](O)[C@@H](C)/C=C(\C)[C@@H]1OC(N)=O. The number of aliphatic hydroxyl groups excluding tert-OH is 1. The van der Waals surface area contributed by atoms with Gasteiger partial charge >= 0.3 is 6.09 Å². The van der Waals surface area contributed by atoms with E-state index in [0.29, 0.717) is 42.4 Å². The molecule has 1 heterocycles. The minimum Gasteiger partial charge on any atom is -0.505 e. The number of aromatic hydroxyl groups is 1. The molecule has 1 aliphatic rings. The molecule has 1 aromatic rings. The van der Waals surface area contributed by atoms with Crippen LogP contribution in [0, 0.1) is 17.7 Å². The van der Waals surface area contributed by atoms with Crippen LogP contribution in [0.5, 0.6) is 5.75 Å². The fraction of sp³-hybridized carbons (Fsp3) is 0.571. The van der Waals surface area contributed by atoms with Crippen molar-refractivity contribution in [3.63, 3.8) is 0 Å². The van der Waals surface area contributed by atoms with Crippen LogP contribution in [-0.2, 0) is 25.4 Å². The first-order chi connectivity index (χ1) is 17.9. The molecule has 2 amide bonds. The van der Waals surface area contributed by atoms with Gasteiger partial charge in [-0.3, -0.25) is 4.79 Å². The second kappa shape index (κ2) is 14.3. The monoisotopic (exact) mass is 536 g/mol. The predicted octanol–water partition coefficient (Wildman–Crippen LogP) is 4.22.